The van der Waals surface area contributed by atoms with E-state index >= 15 is 0 Å². The van der Waals surface area contributed by atoms with Crippen LogP contribution in [0.3, 0.4) is 0 Å². The summed E-state index contributed by atoms with van der Waals surface area (Å²) in [6, 6.07) is 4.18. The van der Waals surface area contributed by atoms with E-state index in [1.165, 1.54) is 14.2 Å². The molecule has 2 rings (SSSR count). The number of likely N-dealkylation sites (N-methyl/N-ethyl adjacent to an activating group) is 1. The number of nitrogens with zero attached hydrogens (tertiary/aromatic N) is 3. The Morgan fingerprint density at radius 3 is 2.32 bits per heavy atom. The lowest BCUT2D eigenvalue weighted by Gasteiger charge is -2.27. The van der Waals surface area contributed by atoms with E-state index in [1.807, 2.05) is 0 Å². The van der Waals surface area contributed by atoms with Crippen molar-refractivity contribution < 1.29 is 14.6 Å². The van der Waals surface area contributed by atoms with Crippen molar-refractivity contribution in [3.05, 3.63) is 17.7 Å². The van der Waals surface area contributed by atoms with E-state index in [0.29, 0.717) is 24.1 Å². The third-order valence-corrected chi connectivity index (χ3v) is 5.08. The van der Waals surface area contributed by atoms with Crippen molar-refractivity contribution in [1.29, 1.82) is 0 Å². The van der Waals surface area contributed by atoms with Gasteiger partial charge < -0.3 is 24.8 Å². The lowest BCUT2D eigenvalue weighted by atomic mass is 10.2. The third-order valence-electron chi connectivity index (χ3n) is 5.08. The van der Waals surface area contributed by atoms with Crippen molar-refractivity contribution >= 4 is 29.9 Å². The fourth-order valence-corrected chi connectivity index (χ4v) is 3.60. The van der Waals surface area contributed by atoms with Crippen LogP contribution in [0.5, 0.6) is 17.2 Å². The molecule has 8 heteroatoms. The lowest BCUT2D eigenvalue weighted by molar-refractivity contribution is 0.223. The molecule has 28 heavy (non-hydrogen) atoms. The van der Waals surface area contributed by atoms with E-state index in [2.05, 4.69) is 35.9 Å². The Kier molecular flexibility index (Phi) is 10.7. The molecule has 1 fully saturated rings. The minimum absolute atomic E-state index is 0. The number of ether oxygens (including phenoxy) is 2. The summed E-state index contributed by atoms with van der Waals surface area (Å²) in [7, 11) is 3.06. The number of rotatable bonds is 8. The van der Waals surface area contributed by atoms with Crippen LogP contribution in [-0.2, 0) is 6.54 Å². The number of phenolic OH excluding ortho intramolecular Hbond substituents is 1. The van der Waals surface area contributed by atoms with Crippen molar-refractivity contribution in [2.45, 2.75) is 39.8 Å². The smallest absolute Gasteiger partial charge is 0.200 e. The van der Waals surface area contributed by atoms with Crippen molar-refractivity contribution in [3.63, 3.8) is 0 Å². The van der Waals surface area contributed by atoms with Gasteiger partial charge in [0.2, 0.25) is 5.75 Å². The molecule has 0 aliphatic carbocycles. The van der Waals surface area contributed by atoms with Gasteiger partial charge in [0.1, 0.15) is 0 Å². The van der Waals surface area contributed by atoms with Crippen LogP contribution in [-0.4, -0.2) is 73.9 Å². The number of likely N-dealkylation sites (tertiary alicyclic amines) is 1. The van der Waals surface area contributed by atoms with Crippen molar-refractivity contribution in [2.75, 3.05) is 46.9 Å². The number of hydrogen-bond donors (Lipinski definition) is 2. The lowest BCUT2D eigenvalue weighted by Crippen LogP contribution is -2.43. The first-order chi connectivity index (χ1) is 13.1. The number of nitrogens with one attached hydrogen (secondary N) is 1. The van der Waals surface area contributed by atoms with Crippen LogP contribution in [0, 0.1) is 0 Å². The Morgan fingerprint density at radius 2 is 1.82 bits per heavy atom. The molecule has 1 unspecified atom stereocenters. The van der Waals surface area contributed by atoms with Gasteiger partial charge in [-0.05, 0) is 44.1 Å². The summed E-state index contributed by atoms with van der Waals surface area (Å²) in [6.45, 7) is 12.0. The predicted molar refractivity (Wildman–Crippen MR) is 124 cm³/mol. The second-order valence-electron chi connectivity index (χ2n) is 6.63. The first-order valence-corrected chi connectivity index (χ1v) is 9.78. The van der Waals surface area contributed by atoms with Gasteiger partial charge in [-0.1, -0.05) is 13.8 Å². The molecule has 1 heterocycles. The predicted octanol–water partition coefficient (Wildman–Crippen LogP) is 2.91. The van der Waals surface area contributed by atoms with Gasteiger partial charge in [0, 0.05) is 25.7 Å². The highest BCUT2D eigenvalue weighted by atomic mass is 127. The van der Waals surface area contributed by atoms with Gasteiger partial charge in [0.05, 0.1) is 20.8 Å². The Morgan fingerprint density at radius 1 is 1.21 bits per heavy atom. The number of benzene rings is 1. The van der Waals surface area contributed by atoms with Crippen molar-refractivity contribution in [2.24, 2.45) is 4.99 Å². The van der Waals surface area contributed by atoms with Crippen molar-refractivity contribution in [1.82, 2.24) is 15.1 Å². The highest BCUT2D eigenvalue weighted by molar-refractivity contribution is 14.0. The second kappa shape index (κ2) is 12.2. The van der Waals surface area contributed by atoms with E-state index in [4.69, 9.17) is 14.5 Å². The molecule has 1 aliphatic rings. The molecular formula is C20H35IN4O3. The van der Waals surface area contributed by atoms with Crippen LogP contribution in [0.25, 0.3) is 0 Å². The monoisotopic (exact) mass is 506 g/mol. The molecule has 0 saturated carbocycles. The standard InChI is InChI=1S/C20H34N4O3.HI/c1-6-21-20(24-10-9-16(14-24)23(7-2)8-3)22-13-15-11-17(26-4)19(25)18(12-15)27-5;/h11-12,16,25H,6-10,13-14H2,1-5H3,(H,21,22);1H. The molecule has 0 bridgehead atoms. The van der Waals surface area contributed by atoms with Gasteiger partial charge in [-0.25, -0.2) is 4.99 Å². The Labute approximate surface area is 186 Å². The van der Waals surface area contributed by atoms with E-state index in [-0.39, 0.29) is 29.7 Å². The van der Waals surface area contributed by atoms with E-state index < -0.39 is 0 Å². The van der Waals surface area contributed by atoms with Crippen LogP contribution in [0.2, 0.25) is 0 Å². The molecule has 0 aromatic heterocycles. The first kappa shape index (κ1) is 24.6. The van der Waals surface area contributed by atoms with Gasteiger partial charge in [-0.3, -0.25) is 4.90 Å². The van der Waals surface area contributed by atoms with Crippen LogP contribution >= 0.6 is 24.0 Å². The highest BCUT2D eigenvalue weighted by Crippen LogP contribution is 2.37. The van der Waals surface area contributed by atoms with Gasteiger partial charge in [0.15, 0.2) is 17.5 Å². The summed E-state index contributed by atoms with van der Waals surface area (Å²) < 4.78 is 10.5. The number of phenols is 1. The Hall–Kier alpha value is -1.42. The molecule has 0 radical (unpaired) electrons. The molecule has 1 aromatic rings. The first-order valence-electron chi connectivity index (χ1n) is 9.78. The number of aliphatic imine (C=N–C) groups is 1. The zero-order valence-corrected chi connectivity index (χ0v) is 20.0. The maximum Gasteiger partial charge on any atom is 0.200 e. The zero-order valence-electron chi connectivity index (χ0n) is 17.7. The fraction of sp³-hybridized carbons (Fsp3) is 0.650. The van der Waals surface area contributed by atoms with Gasteiger partial charge in [0.25, 0.3) is 0 Å². The van der Waals surface area contributed by atoms with Crippen LogP contribution < -0.4 is 14.8 Å². The normalized spacial score (nSPS) is 16.9. The average molecular weight is 506 g/mol. The molecular weight excluding hydrogens is 471 g/mol. The third kappa shape index (κ3) is 6.04. The quantitative estimate of drug-likeness (QED) is 0.321. The Bertz CT molecular complexity index is 613. The number of aromatic hydroxyl groups is 1. The molecule has 2 N–H and O–H groups in total. The summed E-state index contributed by atoms with van der Waals surface area (Å²) in [5, 5.41) is 13.5. The second-order valence-corrected chi connectivity index (χ2v) is 6.63. The Balaban J connectivity index is 0.00000392. The molecule has 1 saturated heterocycles. The van der Waals surface area contributed by atoms with Gasteiger partial charge >= 0.3 is 0 Å². The number of halogens is 1. The summed E-state index contributed by atoms with van der Waals surface area (Å²) >= 11 is 0. The fourth-order valence-electron chi connectivity index (χ4n) is 3.60. The number of methoxy groups -OCH3 is 2. The van der Waals surface area contributed by atoms with E-state index in [1.54, 1.807) is 12.1 Å². The van der Waals surface area contributed by atoms with Crippen molar-refractivity contribution in [3.8, 4) is 17.2 Å². The van der Waals surface area contributed by atoms with Crippen LogP contribution in [0.15, 0.2) is 17.1 Å². The zero-order chi connectivity index (χ0) is 19.8. The van der Waals surface area contributed by atoms with Gasteiger partial charge in [-0.15, -0.1) is 24.0 Å². The topological polar surface area (TPSA) is 69.6 Å². The highest BCUT2D eigenvalue weighted by Gasteiger charge is 2.28. The summed E-state index contributed by atoms with van der Waals surface area (Å²) in [4.78, 5) is 9.66. The molecule has 7 nitrogen and oxygen atoms in total. The van der Waals surface area contributed by atoms with Crippen LogP contribution in [0.4, 0.5) is 0 Å². The molecule has 1 aliphatic heterocycles. The van der Waals surface area contributed by atoms with Gasteiger partial charge in [-0.2, -0.15) is 0 Å². The minimum Gasteiger partial charge on any atom is -0.502 e. The molecule has 0 spiro atoms. The average Bonchev–Trinajstić information content (AvgIpc) is 3.16. The maximum atomic E-state index is 10.1. The molecule has 1 aromatic carbocycles. The maximum absolute atomic E-state index is 10.1. The summed E-state index contributed by atoms with van der Waals surface area (Å²) in [5.41, 5.74) is 0.927. The molecule has 160 valence electrons. The van der Waals surface area contributed by atoms with E-state index in [9.17, 15) is 5.11 Å². The van der Waals surface area contributed by atoms with Crippen LogP contribution in [0.1, 0.15) is 32.8 Å². The number of guanidine groups is 1. The summed E-state index contributed by atoms with van der Waals surface area (Å²) in [6.07, 6.45) is 1.16. The summed E-state index contributed by atoms with van der Waals surface area (Å²) in [5.74, 6) is 1.74. The molecule has 1 atom stereocenters. The largest absolute Gasteiger partial charge is 0.502 e. The van der Waals surface area contributed by atoms with E-state index in [0.717, 1.165) is 50.7 Å². The number of hydrogen-bond acceptors (Lipinski definition) is 5. The SMILES string of the molecule is CCNC(=NCc1cc(OC)c(O)c(OC)c1)N1CCC(N(CC)CC)C1.I. The minimum atomic E-state index is 0. The molecule has 0 amide bonds.